The number of aromatic hydroxyl groups is 1. The molecular formula is C14H21ClN2O2. The third-order valence-corrected chi connectivity index (χ3v) is 3.81. The van der Waals surface area contributed by atoms with Crippen molar-refractivity contribution in [3.05, 3.63) is 22.7 Å². The fourth-order valence-electron chi connectivity index (χ4n) is 2.66. The molecule has 1 heterocycles. The van der Waals surface area contributed by atoms with Gasteiger partial charge in [0.25, 0.3) is 0 Å². The molecular weight excluding hydrogens is 264 g/mol. The Morgan fingerprint density at radius 1 is 1.53 bits per heavy atom. The average molecular weight is 285 g/mol. The van der Waals surface area contributed by atoms with Gasteiger partial charge in [-0.25, -0.2) is 0 Å². The third kappa shape index (κ3) is 3.53. The van der Waals surface area contributed by atoms with Gasteiger partial charge in [0.15, 0.2) is 11.5 Å². The molecule has 1 atom stereocenters. The molecule has 19 heavy (non-hydrogen) atoms. The highest BCUT2D eigenvalue weighted by Gasteiger charge is 2.23. The Labute approximate surface area is 119 Å². The topological polar surface area (TPSA) is 44.7 Å². The summed E-state index contributed by atoms with van der Waals surface area (Å²) in [6, 6.07) is 3.44. The molecule has 1 aliphatic heterocycles. The lowest BCUT2D eigenvalue weighted by atomic mass is 10.1. The van der Waals surface area contributed by atoms with Crippen molar-refractivity contribution in [3.63, 3.8) is 0 Å². The van der Waals surface area contributed by atoms with E-state index in [1.807, 2.05) is 13.1 Å². The van der Waals surface area contributed by atoms with Crippen molar-refractivity contribution < 1.29 is 9.84 Å². The molecule has 0 amide bonds. The molecule has 0 saturated carbocycles. The van der Waals surface area contributed by atoms with Crippen LogP contribution >= 0.6 is 11.6 Å². The smallest absolute Gasteiger partial charge is 0.162 e. The molecule has 106 valence electrons. The first-order valence-corrected chi connectivity index (χ1v) is 6.94. The van der Waals surface area contributed by atoms with Crippen LogP contribution in [-0.4, -0.2) is 43.8 Å². The summed E-state index contributed by atoms with van der Waals surface area (Å²) in [6.45, 7) is 3.86. The van der Waals surface area contributed by atoms with Crippen LogP contribution in [0, 0.1) is 5.92 Å². The number of ether oxygens (including phenoxy) is 1. The van der Waals surface area contributed by atoms with Gasteiger partial charge < -0.3 is 15.2 Å². The highest BCUT2D eigenvalue weighted by molar-refractivity contribution is 6.30. The van der Waals surface area contributed by atoms with E-state index in [9.17, 15) is 5.11 Å². The van der Waals surface area contributed by atoms with E-state index in [2.05, 4.69) is 10.2 Å². The second-order valence-electron chi connectivity index (χ2n) is 5.06. The van der Waals surface area contributed by atoms with Crippen LogP contribution in [0.3, 0.4) is 0 Å². The summed E-state index contributed by atoms with van der Waals surface area (Å²) < 4.78 is 5.13. The van der Waals surface area contributed by atoms with E-state index < -0.39 is 0 Å². The fourth-order valence-corrected chi connectivity index (χ4v) is 2.89. The second-order valence-corrected chi connectivity index (χ2v) is 5.50. The molecule has 0 radical (unpaired) electrons. The van der Waals surface area contributed by atoms with Crippen molar-refractivity contribution >= 4 is 11.6 Å². The lowest BCUT2D eigenvalue weighted by Gasteiger charge is -2.18. The Balaban J connectivity index is 2.05. The maximum atomic E-state index is 10.1. The van der Waals surface area contributed by atoms with Gasteiger partial charge in [-0.3, -0.25) is 4.90 Å². The van der Waals surface area contributed by atoms with E-state index >= 15 is 0 Å². The third-order valence-electron chi connectivity index (χ3n) is 3.60. The van der Waals surface area contributed by atoms with Gasteiger partial charge in [-0.15, -0.1) is 0 Å². The van der Waals surface area contributed by atoms with E-state index in [4.69, 9.17) is 16.3 Å². The van der Waals surface area contributed by atoms with Crippen LogP contribution in [0.15, 0.2) is 12.1 Å². The second kappa shape index (κ2) is 6.46. The number of phenols is 1. The van der Waals surface area contributed by atoms with Gasteiger partial charge in [0.1, 0.15) is 0 Å². The average Bonchev–Trinajstić information content (AvgIpc) is 2.81. The minimum Gasteiger partial charge on any atom is -0.504 e. The van der Waals surface area contributed by atoms with Crippen LogP contribution in [0.2, 0.25) is 5.02 Å². The predicted octanol–water partition coefficient (Wildman–Crippen LogP) is 2.10. The summed E-state index contributed by atoms with van der Waals surface area (Å²) in [5.74, 6) is 1.32. The Morgan fingerprint density at radius 2 is 2.32 bits per heavy atom. The summed E-state index contributed by atoms with van der Waals surface area (Å²) in [6.07, 6.45) is 1.19. The van der Waals surface area contributed by atoms with E-state index in [-0.39, 0.29) is 5.75 Å². The number of benzene rings is 1. The first-order chi connectivity index (χ1) is 9.13. The molecule has 4 nitrogen and oxygen atoms in total. The van der Waals surface area contributed by atoms with Crippen molar-refractivity contribution in [2.45, 2.75) is 13.0 Å². The lowest BCUT2D eigenvalue weighted by Crippen LogP contribution is -2.24. The summed E-state index contributed by atoms with van der Waals surface area (Å²) in [5, 5.41) is 13.9. The van der Waals surface area contributed by atoms with Gasteiger partial charge in [0.05, 0.1) is 7.11 Å². The zero-order valence-electron chi connectivity index (χ0n) is 11.4. The molecule has 0 bridgehead atoms. The van der Waals surface area contributed by atoms with Crippen molar-refractivity contribution in [2.24, 2.45) is 5.92 Å². The predicted molar refractivity (Wildman–Crippen MR) is 77.0 cm³/mol. The van der Waals surface area contributed by atoms with Gasteiger partial charge in [-0.2, -0.15) is 0 Å². The fraction of sp³-hybridized carbons (Fsp3) is 0.571. The Kier molecular flexibility index (Phi) is 4.91. The number of halogens is 1. The van der Waals surface area contributed by atoms with Crippen molar-refractivity contribution in [3.8, 4) is 11.5 Å². The molecule has 2 rings (SSSR count). The summed E-state index contributed by atoms with van der Waals surface area (Å²) in [5.41, 5.74) is 0.828. The number of hydrogen-bond acceptors (Lipinski definition) is 4. The molecule has 0 aromatic heterocycles. The van der Waals surface area contributed by atoms with Gasteiger partial charge in [0.2, 0.25) is 0 Å². The highest BCUT2D eigenvalue weighted by Crippen LogP contribution is 2.34. The number of nitrogens with zero attached hydrogens (tertiary/aromatic N) is 1. The lowest BCUT2D eigenvalue weighted by molar-refractivity contribution is 0.305. The molecule has 0 spiro atoms. The summed E-state index contributed by atoms with van der Waals surface area (Å²) in [7, 11) is 3.52. The normalized spacial score (nSPS) is 19.8. The van der Waals surface area contributed by atoms with Gasteiger partial charge in [-0.05, 0) is 38.5 Å². The van der Waals surface area contributed by atoms with Crippen LogP contribution in [0.5, 0.6) is 11.5 Å². The summed E-state index contributed by atoms with van der Waals surface area (Å²) >= 11 is 6.04. The minimum atomic E-state index is 0.198. The van der Waals surface area contributed by atoms with Gasteiger partial charge >= 0.3 is 0 Å². The van der Waals surface area contributed by atoms with Gasteiger partial charge in [-0.1, -0.05) is 11.6 Å². The molecule has 1 aliphatic rings. The Hall–Kier alpha value is -0.970. The molecule has 1 unspecified atom stereocenters. The van der Waals surface area contributed by atoms with E-state index in [1.54, 1.807) is 6.07 Å². The zero-order chi connectivity index (χ0) is 13.8. The van der Waals surface area contributed by atoms with Crippen LogP contribution in [0.25, 0.3) is 0 Å². The number of likely N-dealkylation sites (tertiary alicyclic amines) is 1. The Bertz CT molecular complexity index is 440. The monoisotopic (exact) mass is 284 g/mol. The first kappa shape index (κ1) is 14.4. The molecule has 1 saturated heterocycles. The molecule has 1 fully saturated rings. The molecule has 0 aliphatic carbocycles. The number of rotatable bonds is 5. The number of methoxy groups -OCH3 is 1. The maximum Gasteiger partial charge on any atom is 0.162 e. The van der Waals surface area contributed by atoms with Crippen LogP contribution in [0.1, 0.15) is 12.0 Å². The standard InChI is InChI=1S/C14H21ClN2O2/c1-16-7-10-3-4-17(8-10)9-11-5-12(15)6-13(19-2)14(11)18/h5-6,10,16,18H,3-4,7-9H2,1-2H3. The summed E-state index contributed by atoms with van der Waals surface area (Å²) in [4.78, 5) is 2.34. The van der Waals surface area contributed by atoms with E-state index in [0.717, 1.165) is 25.2 Å². The zero-order valence-corrected chi connectivity index (χ0v) is 12.2. The van der Waals surface area contributed by atoms with Crippen LogP contribution in [-0.2, 0) is 6.54 Å². The highest BCUT2D eigenvalue weighted by atomic mass is 35.5. The van der Waals surface area contributed by atoms with Crippen LogP contribution < -0.4 is 10.1 Å². The molecule has 2 N–H and O–H groups in total. The first-order valence-electron chi connectivity index (χ1n) is 6.56. The van der Waals surface area contributed by atoms with E-state index in [1.165, 1.54) is 13.5 Å². The van der Waals surface area contributed by atoms with Crippen LogP contribution in [0.4, 0.5) is 0 Å². The van der Waals surface area contributed by atoms with Crippen molar-refractivity contribution in [1.82, 2.24) is 10.2 Å². The Morgan fingerprint density at radius 3 is 3.00 bits per heavy atom. The largest absolute Gasteiger partial charge is 0.504 e. The van der Waals surface area contributed by atoms with Gasteiger partial charge in [0, 0.05) is 29.7 Å². The molecule has 5 heteroatoms. The number of nitrogens with one attached hydrogen (secondary N) is 1. The molecule has 1 aromatic carbocycles. The molecule has 1 aromatic rings. The SMILES string of the molecule is CNCC1CCN(Cc2cc(Cl)cc(OC)c2O)C1. The van der Waals surface area contributed by atoms with E-state index in [0.29, 0.717) is 23.2 Å². The maximum absolute atomic E-state index is 10.1. The van der Waals surface area contributed by atoms with Crippen molar-refractivity contribution in [1.29, 1.82) is 0 Å². The quantitative estimate of drug-likeness (QED) is 0.869. The number of hydrogen-bond donors (Lipinski definition) is 2. The number of phenolic OH excluding ortho intramolecular Hbond substituents is 1. The van der Waals surface area contributed by atoms with Crippen molar-refractivity contribution in [2.75, 3.05) is 33.8 Å². The minimum absolute atomic E-state index is 0.198.